The van der Waals surface area contributed by atoms with Gasteiger partial charge in [-0.25, -0.2) is 0 Å². The molecule has 0 aliphatic heterocycles. The van der Waals surface area contributed by atoms with Crippen LogP contribution in [0.25, 0.3) is 0 Å². The molecular weight excluding hydrogens is 148 g/mol. The van der Waals surface area contributed by atoms with Crippen LogP contribution < -0.4 is 4.74 Å². The predicted molar refractivity (Wildman–Crippen MR) is 51.8 cm³/mol. The van der Waals surface area contributed by atoms with Gasteiger partial charge in [0, 0.05) is 0 Å². The molecule has 0 spiro atoms. The van der Waals surface area contributed by atoms with Gasteiger partial charge in [-0.05, 0) is 30.0 Å². The van der Waals surface area contributed by atoms with Crippen LogP contribution in [0.2, 0.25) is 0 Å². The second kappa shape index (κ2) is 3.61. The van der Waals surface area contributed by atoms with Crippen molar-refractivity contribution in [2.45, 2.75) is 26.7 Å². The maximum atomic E-state index is 5.24. The zero-order chi connectivity index (χ0) is 9.14. The van der Waals surface area contributed by atoms with Crippen molar-refractivity contribution in [3.8, 4) is 5.75 Å². The minimum absolute atomic E-state index is 0.569. The van der Waals surface area contributed by atoms with Gasteiger partial charge in [0.25, 0.3) is 0 Å². The Balaban J connectivity index is 3.05. The minimum atomic E-state index is 0.569. The summed E-state index contributed by atoms with van der Waals surface area (Å²) in [6.45, 7) is 6.43. The van der Waals surface area contributed by atoms with E-state index in [0.717, 1.165) is 5.75 Å². The second-order valence-corrected chi connectivity index (χ2v) is 3.38. The van der Waals surface area contributed by atoms with Crippen LogP contribution in [0.4, 0.5) is 0 Å². The molecule has 0 aromatic heterocycles. The molecular formula is C11H16O. The number of rotatable bonds is 2. The monoisotopic (exact) mass is 164 g/mol. The van der Waals surface area contributed by atoms with Crippen molar-refractivity contribution in [1.82, 2.24) is 0 Å². The summed E-state index contributed by atoms with van der Waals surface area (Å²) in [5, 5.41) is 0. The van der Waals surface area contributed by atoms with Crippen molar-refractivity contribution in [2.75, 3.05) is 7.11 Å². The lowest BCUT2D eigenvalue weighted by atomic mass is 10.0. The van der Waals surface area contributed by atoms with Crippen LogP contribution in [0.5, 0.6) is 5.75 Å². The van der Waals surface area contributed by atoms with Crippen LogP contribution in [0.15, 0.2) is 18.2 Å². The van der Waals surface area contributed by atoms with E-state index in [1.54, 1.807) is 7.11 Å². The van der Waals surface area contributed by atoms with Crippen LogP contribution in [0, 0.1) is 6.92 Å². The first-order valence-corrected chi connectivity index (χ1v) is 4.29. The van der Waals surface area contributed by atoms with Gasteiger partial charge < -0.3 is 4.74 Å². The highest BCUT2D eigenvalue weighted by Crippen LogP contribution is 2.23. The van der Waals surface area contributed by atoms with Crippen LogP contribution in [-0.4, -0.2) is 7.11 Å². The molecule has 0 amide bonds. The summed E-state index contributed by atoms with van der Waals surface area (Å²) in [5.74, 6) is 1.56. The lowest BCUT2D eigenvalue weighted by Gasteiger charge is -2.09. The molecule has 0 N–H and O–H groups in total. The molecule has 0 bridgehead atoms. The van der Waals surface area contributed by atoms with E-state index < -0.39 is 0 Å². The molecule has 1 rings (SSSR count). The summed E-state index contributed by atoms with van der Waals surface area (Å²) >= 11 is 0. The van der Waals surface area contributed by atoms with Crippen LogP contribution in [0.3, 0.4) is 0 Å². The Kier molecular flexibility index (Phi) is 2.74. The largest absolute Gasteiger partial charge is 0.496 e. The predicted octanol–water partition coefficient (Wildman–Crippen LogP) is 3.13. The van der Waals surface area contributed by atoms with E-state index in [1.165, 1.54) is 11.1 Å². The van der Waals surface area contributed by atoms with Crippen molar-refractivity contribution in [2.24, 2.45) is 0 Å². The third-order valence-electron chi connectivity index (χ3n) is 2.10. The zero-order valence-corrected chi connectivity index (χ0v) is 8.22. The van der Waals surface area contributed by atoms with Gasteiger partial charge in [0.1, 0.15) is 5.75 Å². The maximum Gasteiger partial charge on any atom is 0.122 e. The molecule has 0 heterocycles. The molecule has 0 saturated heterocycles. The normalized spacial score (nSPS) is 10.4. The number of benzene rings is 1. The first kappa shape index (κ1) is 9.11. The summed E-state index contributed by atoms with van der Waals surface area (Å²) in [4.78, 5) is 0. The molecule has 12 heavy (non-hydrogen) atoms. The fourth-order valence-corrected chi connectivity index (χ4v) is 1.20. The number of hydrogen-bond donors (Lipinski definition) is 0. The zero-order valence-electron chi connectivity index (χ0n) is 8.22. The van der Waals surface area contributed by atoms with Gasteiger partial charge in [0.15, 0.2) is 0 Å². The topological polar surface area (TPSA) is 9.23 Å². The molecule has 0 aliphatic carbocycles. The van der Waals surface area contributed by atoms with Gasteiger partial charge in [-0.15, -0.1) is 0 Å². The highest BCUT2D eigenvalue weighted by Gasteiger charge is 2.02. The maximum absolute atomic E-state index is 5.24. The Morgan fingerprint density at radius 1 is 1.25 bits per heavy atom. The van der Waals surface area contributed by atoms with Crippen LogP contribution in [0.1, 0.15) is 30.9 Å². The molecule has 66 valence electrons. The van der Waals surface area contributed by atoms with E-state index in [1.807, 2.05) is 0 Å². The Morgan fingerprint density at radius 3 is 2.42 bits per heavy atom. The third kappa shape index (κ3) is 1.79. The van der Waals surface area contributed by atoms with Crippen molar-refractivity contribution < 1.29 is 4.74 Å². The summed E-state index contributed by atoms with van der Waals surface area (Å²) < 4.78 is 5.24. The number of ether oxygens (including phenoxy) is 1. The van der Waals surface area contributed by atoms with Crippen LogP contribution in [-0.2, 0) is 0 Å². The standard InChI is InChI=1S/C11H16O/c1-8(2)10-6-5-9(3)11(7-10)12-4/h5-8H,1-4H3. The molecule has 0 unspecified atom stereocenters. The highest BCUT2D eigenvalue weighted by molar-refractivity contribution is 5.37. The average molecular weight is 164 g/mol. The molecule has 1 aromatic rings. The highest BCUT2D eigenvalue weighted by atomic mass is 16.5. The molecule has 0 radical (unpaired) electrons. The van der Waals surface area contributed by atoms with Crippen molar-refractivity contribution >= 4 is 0 Å². The molecule has 1 nitrogen and oxygen atoms in total. The van der Waals surface area contributed by atoms with Gasteiger partial charge in [0.2, 0.25) is 0 Å². The second-order valence-electron chi connectivity index (χ2n) is 3.38. The van der Waals surface area contributed by atoms with E-state index in [-0.39, 0.29) is 0 Å². The van der Waals surface area contributed by atoms with Crippen molar-refractivity contribution in [3.63, 3.8) is 0 Å². The smallest absolute Gasteiger partial charge is 0.122 e. The van der Waals surface area contributed by atoms with Gasteiger partial charge >= 0.3 is 0 Å². The summed E-state index contributed by atoms with van der Waals surface area (Å²) in [5.41, 5.74) is 2.53. The van der Waals surface area contributed by atoms with Crippen molar-refractivity contribution in [1.29, 1.82) is 0 Å². The number of aryl methyl sites for hydroxylation is 1. The number of methoxy groups -OCH3 is 1. The molecule has 1 heteroatoms. The minimum Gasteiger partial charge on any atom is -0.496 e. The molecule has 0 aliphatic rings. The van der Waals surface area contributed by atoms with Crippen molar-refractivity contribution in [3.05, 3.63) is 29.3 Å². The lowest BCUT2D eigenvalue weighted by molar-refractivity contribution is 0.411. The van der Waals surface area contributed by atoms with Gasteiger partial charge in [-0.3, -0.25) is 0 Å². The van der Waals surface area contributed by atoms with E-state index in [0.29, 0.717) is 5.92 Å². The Hall–Kier alpha value is -0.980. The molecule has 0 fully saturated rings. The van der Waals surface area contributed by atoms with Gasteiger partial charge in [0.05, 0.1) is 7.11 Å². The average Bonchev–Trinajstić information content (AvgIpc) is 2.05. The SMILES string of the molecule is COc1cc(C(C)C)ccc1C. The first-order valence-electron chi connectivity index (χ1n) is 4.29. The summed E-state index contributed by atoms with van der Waals surface area (Å²) in [6.07, 6.45) is 0. The van der Waals surface area contributed by atoms with Gasteiger partial charge in [-0.1, -0.05) is 26.0 Å². The third-order valence-corrected chi connectivity index (χ3v) is 2.10. The Morgan fingerprint density at radius 2 is 1.92 bits per heavy atom. The fourth-order valence-electron chi connectivity index (χ4n) is 1.20. The van der Waals surface area contributed by atoms with Gasteiger partial charge in [-0.2, -0.15) is 0 Å². The number of hydrogen-bond acceptors (Lipinski definition) is 1. The summed E-state index contributed by atoms with van der Waals surface area (Å²) in [7, 11) is 1.71. The van der Waals surface area contributed by atoms with E-state index >= 15 is 0 Å². The van der Waals surface area contributed by atoms with E-state index in [4.69, 9.17) is 4.74 Å². The molecule has 1 aromatic carbocycles. The molecule has 0 saturated carbocycles. The van der Waals surface area contributed by atoms with E-state index in [2.05, 4.69) is 39.0 Å². The first-order chi connectivity index (χ1) is 5.65. The Bertz CT molecular complexity index is 264. The van der Waals surface area contributed by atoms with E-state index in [9.17, 15) is 0 Å². The fraction of sp³-hybridized carbons (Fsp3) is 0.455. The Labute approximate surface area is 74.4 Å². The summed E-state index contributed by atoms with van der Waals surface area (Å²) in [6, 6.07) is 6.37. The quantitative estimate of drug-likeness (QED) is 0.652. The molecule has 0 atom stereocenters. The lowest BCUT2D eigenvalue weighted by Crippen LogP contribution is -1.91. The van der Waals surface area contributed by atoms with Crippen LogP contribution >= 0.6 is 0 Å².